The van der Waals surface area contributed by atoms with Crippen molar-refractivity contribution in [3.8, 4) is 0 Å². The van der Waals surface area contributed by atoms with E-state index < -0.39 is 0 Å². The summed E-state index contributed by atoms with van der Waals surface area (Å²) in [6.45, 7) is 3.52. The van der Waals surface area contributed by atoms with E-state index in [2.05, 4.69) is 10.3 Å². The Balaban J connectivity index is 1.28. The summed E-state index contributed by atoms with van der Waals surface area (Å²) < 4.78 is 1.77. The van der Waals surface area contributed by atoms with Crippen molar-refractivity contribution in [2.24, 2.45) is 11.3 Å². The monoisotopic (exact) mass is 352 g/mol. The number of para-hydroxylation sites is 1. The minimum Gasteiger partial charge on any atom is -0.342 e. The van der Waals surface area contributed by atoms with Gasteiger partial charge in [0, 0.05) is 31.6 Å². The first kappa shape index (κ1) is 16.0. The molecule has 2 unspecified atom stereocenters. The predicted molar refractivity (Wildman–Crippen MR) is 98.9 cm³/mol. The average Bonchev–Trinajstić information content (AvgIpc) is 3.18. The van der Waals surface area contributed by atoms with E-state index >= 15 is 0 Å². The van der Waals surface area contributed by atoms with Gasteiger partial charge in [0.25, 0.3) is 5.56 Å². The minimum absolute atomic E-state index is 0.0264. The zero-order chi connectivity index (χ0) is 17.7. The normalized spacial score (nSPS) is 28.8. The Morgan fingerprint density at radius 1 is 1.23 bits per heavy atom. The van der Waals surface area contributed by atoms with Gasteiger partial charge in [0.2, 0.25) is 5.91 Å². The first-order valence-corrected chi connectivity index (χ1v) is 9.63. The number of hydrogen-bond donors (Lipinski definition) is 1. The Kier molecular flexibility index (Phi) is 3.64. The van der Waals surface area contributed by atoms with Crippen LogP contribution >= 0.6 is 0 Å². The van der Waals surface area contributed by atoms with Crippen molar-refractivity contribution in [1.29, 1.82) is 0 Å². The highest BCUT2D eigenvalue weighted by Crippen LogP contribution is 2.57. The molecule has 136 valence electrons. The summed E-state index contributed by atoms with van der Waals surface area (Å²) in [4.78, 5) is 32.0. The van der Waals surface area contributed by atoms with Gasteiger partial charge in [-0.25, -0.2) is 4.98 Å². The van der Waals surface area contributed by atoms with Crippen LogP contribution in [0, 0.1) is 11.3 Å². The Labute approximate surface area is 152 Å². The lowest BCUT2D eigenvalue weighted by Gasteiger charge is -2.33. The van der Waals surface area contributed by atoms with E-state index in [0.717, 1.165) is 57.4 Å². The molecule has 1 N–H and O–H groups in total. The molecule has 6 heteroatoms. The number of likely N-dealkylation sites (tertiary alicyclic amines) is 1. The number of nitrogens with one attached hydrogen (secondary N) is 1. The number of amides is 1. The van der Waals surface area contributed by atoms with Crippen LogP contribution < -0.4 is 10.9 Å². The van der Waals surface area contributed by atoms with Gasteiger partial charge >= 0.3 is 0 Å². The highest BCUT2D eigenvalue weighted by molar-refractivity contribution is 5.83. The van der Waals surface area contributed by atoms with E-state index in [1.165, 1.54) is 0 Å². The molecule has 1 spiro atoms. The molecule has 1 aromatic heterocycles. The summed E-state index contributed by atoms with van der Waals surface area (Å²) in [6, 6.07) is 7.60. The first-order valence-electron chi connectivity index (χ1n) is 9.63. The van der Waals surface area contributed by atoms with E-state index in [0.29, 0.717) is 11.3 Å². The fourth-order valence-corrected chi connectivity index (χ4v) is 4.86. The number of carbonyl (C=O) groups excluding carboxylic acids is 1. The van der Waals surface area contributed by atoms with Crippen LogP contribution in [0.3, 0.4) is 0 Å². The van der Waals surface area contributed by atoms with Crippen molar-refractivity contribution in [2.75, 3.05) is 26.2 Å². The zero-order valence-corrected chi connectivity index (χ0v) is 14.9. The summed E-state index contributed by atoms with van der Waals surface area (Å²) in [5.41, 5.74) is 1.02. The van der Waals surface area contributed by atoms with Gasteiger partial charge in [-0.3, -0.25) is 14.2 Å². The van der Waals surface area contributed by atoms with Gasteiger partial charge in [-0.05, 0) is 49.8 Å². The van der Waals surface area contributed by atoms with Crippen LogP contribution in [-0.4, -0.2) is 46.5 Å². The Hall–Kier alpha value is -2.21. The third-order valence-electron chi connectivity index (χ3n) is 6.62. The van der Waals surface area contributed by atoms with E-state index in [1.54, 1.807) is 10.9 Å². The molecule has 3 heterocycles. The van der Waals surface area contributed by atoms with Gasteiger partial charge in [0.05, 0.1) is 17.2 Å². The highest BCUT2D eigenvalue weighted by atomic mass is 16.2. The maximum absolute atomic E-state index is 12.8. The molecular formula is C20H24N4O2. The Morgan fingerprint density at radius 3 is 2.81 bits per heavy atom. The second-order valence-corrected chi connectivity index (χ2v) is 8.08. The third kappa shape index (κ3) is 2.47. The van der Waals surface area contributed by atoms with Gasteiger partial charge < -0.3 is 10.2 Å². The topological polar surface area (TPSA) is 67.2 Å². The molecule has 3 aliphatic rings. The predicted octanol–water partition coefficient (Wildman–Crippen LogP) is 1.56. The van der Waals surface area contributed by atoms with Crippen LogP contribution in [0.4, 0.5) is 0 Å². The fourth-order valence-electron chi connectivity index (χ4n) is 4.86. The quantitative estimate of drug-likeness (QED) is 0.891. The SMILES string of the molecule is O=C(C1CC12CCNC2)N1CCC(n2cnc3ccccc3c2=O)CC1. The molecule has 1 saturated carbocycles. The number of fused-ring (bicyclic) bond motifs is 1. The van der Waals surface area contributed by atoms with Crippen molar-refractivity contribution in [3.05, 3.63) is 40.9 Å². The van der Waals surface area contributed by atoms with Gasteiger partial charge in [0.1, 0.15) is 0 Å². The van der Waals surface area contributed by atoms with Crippen molar-refractivity contribution in [1.82, 2.24) is 19.8 Å². The van der Waals surface area contributed by atoms with Crippen LogP contribution in [-0.2, 0) is 4.79 Å². The molecule has 3 fully saturated rings. The van der Waals surface area contributed by atoms with Crippen LogP contribution in [0.15, 0.2) is 35.4 Å². The van der Waals surface area contributed by atoms with Crippen molar-refractivity contribution < 1.29 is 4.79 Å². The van der Waals surface area contributed by atoms with Crippen LogP contribution in [0.25, 0.3) is 10.9 Å². The lowest BCUT2D eigenvalue weighted by molar-refractivity contribution is -0.134. The van der Waals surface area contributed by atoms with E-state index in [4.69, 9.17) is 0 Å². The molecule has 2 saturated heterocycles. The molecule has 0 bridgehead atoms. The fraction of sp³-hybridized carbons (Fsp3) is 0.550. The highest BCUT2D eigenvalue weighted by Gasteiger charge is 2.59. The number of benzene rings is 1. The summed E-state index contributed by atoms with van der Waals surface area (Å²) in [5.74, 6) is 0.551. The van der Waals surface area contributed by atoms with Gasteiger partial charge in [-0.15, -0.1) is 0 Å². The molecule has 5 rings (SSSR count). The molecule has 2 aromatic rings. The van der Waals surface area contributed by atoms with Crippen LogP contribution in [0.5, 0.6) is 0 Å². The molecule has 1 aromatic carbocycles. The number of nitrogens with zero attached hydrogens (tertiary/aromatic N) is 3. The number of hydrogen-bond acceptors (Lipinski definition) is 4. The van der Waals surface area contributed by atoms with E-state index in [9.17, 15) is 9.59 Å². The molecule has 26 heavy (non-hydrogen) atoms. The molecule has 2 aliphatic heterocycles. The smallest absolute Gasteiger partial charge is 0.261 e. The lowest BCUT2D eigenvalue weighted by atomic mass is 10.0. The standard InChI is InChI=1S/C20H24N4O2/c25-18-15-3-1-2-4-17(15)22-13-24(18)14-5-9-23(10-6-14)19(26)16-11-20(16)7-8-21-12-20/h1-4,13-14,16,21H,5-12H2. The molecule has 2 atom stereocenters. The third-order valence-corrected chi connectivity index (χ3v) is 6.62. The molecular weight excluding hydrogens is 328 g/mol. The number of carbonyl (C=O) groups is 1. The van der Waals surface area contributed by atoms with Crippen molar-refractivity contribution >= 4 is 16.8 Å². The number of aromatic nitrogens is 2. The maximum Gasteiger partial charge on any atom is 0.261 e. The summed E-state index contributed by atoms with van der Waals surface area (Å²) in [5, 5.41) is 4.07. The van der Waals surface area contributed by atoms with Gasteiger partial charge in [0.15, 0.2) is 0 Å². The number of piperidine rings is 1. The Bertz CT molecular complexity index is 907. The summed E-state index contributed by atoms with van der Waals surface area (Å²) in [7, 11) is 0. The van der Waals surface area contributed by atoms with Gasteiger partial charge in [-0.1, -0.05) is 12.1 Å². The van der Waals surface area contributed by atoms with Crippen LogP contribution in [0.1, 0.15) is 31.7 Å². The van der Waals surface area contributed by atoms with Crippen molar-refractivity contribution in [2.45, 2.75) is 31.7 Å². The largest absolute Gasteiger partial charge is 0.342 e. The van der Waals surface area contributed by atoms with E-state index in [1.807, 2.05) is 29.2 Å². The second-order valence-electron chi connectivity index (χ2n) is 8.08. The van der Waals surface area contributed by atoms with E-state index in [-0.39, 0.29) is 22.9 Å². The molecule has 1 amide bonds. The molecule has 6 nitrogen and oxygen atoms in total. The molecule has 1 aliphatic carbocycles. The zero-order valence-electron chi connectivity index (χ0n) is 14.9. The van der Waals surface area contributed by atoms with Crippen LogP contribution in [0.2, 0.25) is 0 Å². The molecule has 0 radical (unpaired) electrons. The minimum atomic E-state index is 0.0264. The lowest BCUT2D eigenvalue weighted by Crippen LogP contribution is -2.42. The average molecular weight is 352 g/mol. The Morgan fingerprint density at radius 2 is 2.04 bits per heavy atom. The summed E-state index contributed by atoms with van der Waals surface area (Å²) >= 11 is 0. The van der Waals surface area contributed by atoms with Gasteiger partial charge in [-0.2, -0.15) is 0 Å². The first-order chi connectivity index (χ1) is 12.7. The number of rotatable bonds is 2. The maximum atomic E-state index is 12.8. The second kappa shape index (κ2) is 5.91. The summed E-state index contributed by atoms with van der Waals surface area (Å²) in [6.07, 6.45) is 5.50. The van der Waals surface area contributed by atoms with Crippen molar-refractivity contribution in [3.63, 3.8) is 0 Å².